The summed E-state index contributed by atoms with van der Waals surface area (Å²) >= 11 is 1.21. The lowest BCUT2D eigenvalue weighted by Crippen LogP contribution is -2.10. The number of ether oxygens (including phenoxy) is 1. The van der Waals surface area contributed by atoms with Crippen LogP contribution < -0.4 is 0 Å². The summed E-state index contributed by atoms with van der Waals surface area (Å²) in [6, 6.07) is 0.216. The fourth-order valence-electron chi connectivity index (χ4n) is 1.70. The van der Waals surface area contributed by atoms with Crippen molar-refractivity contribution in [2.45, 2.75) is 44.8 Å². The normalized spacial score (nSPS) is 11.2. The number of hydrogen-bond acceptors (Lipinski definition) is 5. The molecule has 0 aliphatic heterocycles. The molecule has 1 heterocycles. The van der Waals surface area contributed by atoms with Crippen molar-refractivity contribution in [2.75, 3.05) is 19.0 Å². The maximum Gasteiger partial charge on any atom is 0.313 e. The Labute approximate surface area is 117 Å². The molecular formula is C12H21N3O3S. The van der Waals surface area contributed by atoms with E-state index in [4.69, 9.17) is 9.84 Å². The van der Waals surface area contributed by atoms with Gasteiger partial charge in [-0.15, -0.1) is 10.2 Å². The summed E-state index contributed by atoms with van der Waals surface area (Å²) in [6.45, 7) is 7.48. The predicted molar refractivity (Wildman–Crippen MR) is 73.6 cm³/mol. The van der Waals surface area contributed by atoms with Crippen molar-refractivity contribution in [2.24, 2.45) is 0 Å². The van der Waals surface area contributed by atoms with Crippen LogP contribution in [0.4, 0.5) is 0 Å². The fourth-order valence-corrected chi connectivity index (χ4v) is 2.50. The van der Waals surface area contributed by atoms with Crippen LogP contribution >= 0.6 is 11.8 Å². The lowest BCUT2D eigenvalue weighted by Gasteiger charge is -2.13. The lowest BCUT2D eigenvalue weighted by atomic mass is 10.3. The lowest BCUT2D eigenvalue weighted by molar-refractivity contribution is -0.133. The number of aliphatic carboxylic acids is 1. The van der Waals surface area contributed by atoms with Gasteiger partial charge >= 0.3 is 5.97 Å². The molecule has 0 fully saturated rings. The van der Waals surface area contributed by atoms with E-state index < -0.39 is 5.97 Å². The number of aryl methyl sites for hydroxylation is 1. The Morgan fingerprint density at radius 1 is 1.47 bits per heavy atom. The summed E-state index contributed by atoms with van der Waals surface area (Å²) in [6.07, 6.45) is 1.68. The minimum absolute atomic E-state index is 0.00377. The van der Waals surface area contributed by atoms with Crippen LogP contribution in [-0.4, -0.2) is 44.8 Å². The van der Waals surface area contributed by atoms with Gasteiger partial charge in [-0.2, -0.15) is 0 Å². The quantitative estimate of drug-likeness (QED) is 0.553. The molecule has 0 amide bonds. The average Bonchev–Trinajstić information content (AvgIpc) is 2.75. The van der Waals surface area contributed by atoms with Crippen molar-refractivity contribution in [3.05, 3.63) is 5.82 Å². The Morgan fingerprint density at radius 3 is 2.79 bits per heavy atom. The Balaban J connectivity index is 2.67. The van der Waals surface area contributed by atoms with E-state index in [2.05, 4.69) is 10.2 Å². The molecule has 1 aromatic heterocycles. The van der Waals surface area contributed by atoms with Crippen LogP contribution in [0.25, 0.3) is 0 Å². The Morgan fingerprint density at radius 2 is 2.21 bits per heavy atom. The van der Waals surface area contributed by atoms with E-state index in [-0.39, 0.29) is 11.8 Å². The van der Waals surface area contributed by atoms with Gasteiger partial charge in [0.15, 0.2) is 5.16 Å². The van der Waals surface area contributed by atoms with Crippen LogP contribution in [0.3, 0.4) is 0 Å². The fraction of sp³-hybridized carbons (Fsp3) is 0.750. The standard InChI is InChI=1S/C12H21N3O3S/c1-4-18-7-5-6-10-13-14-12(15(10)9(2)3)19-8-11(16)17/h9H,4-8H2,1-3H3,(H,16,17). The molecule has 19 heavy (non-hydrogen) atoms. The molecule has 0 spiro atoms. The van der Waals surface area contributed by atoms with E-state index in [1.807, 2.05) is 25.3 Å². The molecule has 0 aliphatic carbocycles. The van der Waals surface area contributed by atoms with Crippen molar-refractivity contribution in [1.82, 2.24) is 14.8 Å². The number of carboxylic acids is 1. The number of rotatable bonds is 9. The van der Waals surface area contributed by atoms with E-state index in [0.717, 1.165) is 25.3 Å². The third-order valence-corrected chi connectivity index (χ3v) is 3.40. The summed E-state index contributed by atoms with van der Waals surface area (Å²) in [7, 11) is 0. The Kier molecular flexibility index (Phi) is 6.86. The number of thioether (sulfide) groups is 1. The van der Waals surface area contributed by atoms with Gasteiger partial charge in [-0.25, -0.2) is 0 Å². The van der Waals surface area contributed by atoms with Crippen molar-refractivity contribution < 1.29 is 14.6 Å². The van der Waals surface area contributed by atoms with Gasteiger partial charge in [0.05, 0.1) is 5.75 Å². The molecule has 1 rings (SSSR count). The summed E-state index contributed by atoms with van der Waals surface area (Å²) in [5.74, 6) is 0.0489. The third-order valence-electron chi connectivity index (χ3n) is 2.47. The van der Waals surface area contributed by atoms with Crippen molar-refractivity contribution >= 4 is 17.7 Å². The molecule has 0 unspecified atom stereocenters. The zero-order chi connectivity index (χ0) is 14.3. The summed E-state index contributed by atoms with van der Waals surface area (Å²) in [5, 5.41) is 17.6. The maximum absolute atomic E-state index is 10.6. The first-order chi connectivity index (χ1) is 9.06. The van der Waals surface area contributed by atoms with E-state index in [1.54, 1.807) is 0 Å². The smallest absolute Gasteiger partial charge is 0.313 e. The highest BCUT2D eigenvalue weighted by Gasteiger charge is 2.15. The minimum Gasteiger partial charge on any atom is -0.481 e. The molecule has 0 radical (unpaired) electrons. The largest absolute Gasteiger partial charge is 0.481 e. The van der Waals surface area contributed by atoms with Gasteiger partial charge in [0, 0.05) is 25.7 Å². The molecule has 0 atom stereocenters. The van der Waals surface area contributed by atoms with Crippen LogP contribution in [-0.2, 0) is 16.0 Å². The van der Waals surface area contributed by atoms with Crippen LogP contribution in [0.5, 0.6) is 0 Å². The van der Waals surface area contributed by atoms with Crippen LogP contribution in [0.1, 0.15) is 39.1 Å². The molecular weight excluding hydrogens is 266 g/mol. The van der Waals surface area contributed by atoms with E-state index in [9.17, 15) is 4.79 Å². The van der Waals surface area contributed by atoms with Crippen LogP contribution in [0.2, 0.25) is 0 Å². The van der Waals surface area contributed by atoms with Crippen molar-refractivity contribution in [3.8, 4) is 0 Å². The number of carboxylic acid groups (broad SMARTS) is 1. The van der Waals surface area contributed by atoms with Gasteiger partial charge in [-0.3, -0.25) is 4.79 Å². The Hall–Kier alpha value is -1.08. The molecule has 0 bridgehead atoms. The SMILES string of the molecule is CCOCCCc1nnc(SCC(=O)O)n1C(C)C. The number of nitrogens with zero attached hydrogens (tertiary/aromatic N) is 3. The minimum atomic E-state index is -0.846. The molecule has 1 aromatic rings. The van der Waals surface area contributed by atoms with Gasteiger partial charge in [-0.05, 0) is 27.2 Å². The van der Waals surface area contributed by atoms with Crippen LogP contribution in [0, 0.1) is 0 Å². The number of aromatic nitrogens is 3. The van der Waals surface area contributed by atoms with Crippen molar-refractivity contribution in [1.29, 1.82) is 0 Å². The zero-order valence-corrected chi connectivity index (χ0v) is 12.4. The second-order valence-corrected chi connectivity index (χ2v) is 5.29. The first-order valence-corrected chi connectivity index (χ1v) is 7.41. The topological polar surface area (TPSA) is 77.2 Å². The van der Waals surface area contributed by atoms with E-state index >= 15 is 0 Å². The first kappa shape index (κ1) is 16.0. The molecule has 7 heteroatoms. The molecule has 0 saturated heterocycles. The van der Waals surface area contributed by atoms with Crippen LogP contribution in [0.15, 0.2) is 5.16 Å². The summed E-state index contributed by atoms with van der Waals surface area (Å²) in [4.78, 5) is 10.6. The van der Waals surface area contributed by atoms with Gasteiger partial charge in [0.2, 0.25) is 0 Å². The number of carbonyl (C=O) groups is 1. The molecule has 0 saturated carbocycles. The number of hydrogen-bond donors (Lipinski definition) is 1. The summed E-state index contributed by atoms with van der Waals surface area (Å²) < 4.78 is 7.30. The molecule has 108 valence electrons. The molecule has 6 nitrogen and oxygen atoms in total. The van der Waals surface area contributed by atoms with Gasteiger partial charge < -0.3 is 14.4 Å². The first-order valence-electron chi connectivity index (χ1n) is 6.42. The average molecular weight is 287 g/mol. The summed E-state index contributed by atoms with van der Waals surface area (Å²) in [5.41, 5.74) is 0. The molecule has 1 N–H and O–H groups in total. The van der Waals surface area contributed by atoms with Gasteiger partial charge in [0.1, 0.15) is 5.82 Å². The third kappa shape index (κ3) is 5.20. The Bertz CT molecular complexity index is 407. The predicted octanol–water partition coefficient (Wildman–Crippen LogP) is 2.00. The highest BCUT2D eigenvalue weighted by Crippen LogP contribution is 2.22. The van der Waals surface area contributed by atoms with Gasteiger partial charge in [0.25, 0.3) is 0 Å². The highest BCUT2D eigenvalue weighted by atomic mass is 32.2. The van der Waals surface area contributed by atoms with E-state index in [1.165, 1.54) is 11.8 Å². The zero-order valence-electron chi connectivity index (χ0n) is 11.6. The van der Waals surface area contributed by atoms with Gasteiger partial charge in [-0.1, -0.05) is 11.8 Å². The molecule has 0 aliphatic rings. The van der Waals surface area contributed by atoms with Crippen molar-refractivity contribution in [3.63, 3.8) is 0 Å². The monoisotopic (exact) mass is 287 g/mol. The highest BCUT2D eigenvalue weighted by molar-refractivity contribution is 7.99. The second kappa shape index (κ2) is 8.16. The second-order valence-electron chi connectivity index (χ2n) is 4.35. The van der Waals surface area contributed by atoms with E-state index in [0.29, 0.717) is 11.8 Å². The molecule has 0 aromatic carbocycles. The maximum atomic E-state index is 10.6.